The lowest BCUT2D eigenvalue weighted by Crippen LogP contribution is -2.27. The molecule has 1 saturated carbocycles. The zero-order chi connectivity index (χ0) is 11.9. The molecule has 1 saturated heterocycles. The van der Waals surface area contributed by atoms with Crippen molar-refractivity contribution < 1.29 is 9.53 Å². The van der Waals surface area contributed by atoms with E-state index >= 15 is 0 Å². The minimum atomic E-state index is 0.216. The van der Waals surface area contributed by atoms with Gasteiger partial charge >= 0.3 is 0 Å². The van der Waals surface area contributed by atoms with Crippen molar-refractivity contribution in [3.8, 4) is 0 Å². The highest BCUT2D eigenvalue weighted by Gasteiger charge is 2.22. The molecule has 1 atom stereocenters. The molecule has 4 nitrogen and oxygen atoms in total. The zero-order valence-electron chi connectivity index (χ0n) is 10.5. The van der Waals surface area contributed by atoms with Crippen LogP contribution in [-0.2, 0) is 9.53 Å². The lowest BCUT2D eigenvalue weighted by atomic mass is 10.2. The second-order valence-electron chi connectivity index (χ2n) is 5.12. The molecule has 2 aliphatic rings. The monoisotopic (exact) mass is 240 g/mol. The van der Waals surface area contributed by atoms with E-state index < -0.39 is 0 Å². The summed E-state index contributed by atoms with van der Waals surface area (Å²) in [6.07, 6.45) is 7.94. The third-order valence-corrected chi connectivity index (χ3v) is 3.37. The van der Waals surface area contributed by atoms with Crippen LogP contribution in [0.4, 0.5) is 0 Å². The van der Waals surface area contributed by atoms with Gasteiger partial charge in [-0.25, -0.2) is 0 Å². The van der Waals surface area contributed by atoms with Gasteiger partial charge in [0.25, 0.3) is 0 Å². The van der Waals surface area contributed by atoms with Gasteiger partial charge in [0.1, 0.15) is 0 Å². The van der Waals surface area contributed by atoms with E-state index in [4.69, 9.17) is 4.74 Å². The summed E-state index contributed by atoms with van der Waals surface area (Å²) >= 11 is 0. The van der Waals surface area contributed by atoms with Gasteiger partial charge in [0.05, 0.1) is 6.10 Å². The van der Waals surface area contributed by atoms with Crippen molar-refractivity contribution in [2.24, 2.45) is 0 Å². The normalized spacial score (nSPS) is 23.9. The Bertz CT molecular complexity index is 236. The van der Waals surface area contributed by atoms with Gasteiger partial charge in [-0.05, 0) is 51.6 Å². The molecule has 4 heteroatoms. The van der Waals surface area contributed by atoms with Gasteiger partial charge in [-0.3, -0.25) is 4.79 Å². The third kappa shape index (κ3) is 5.50. The molecule has 0 radical (unpaired) electrons. The first kappa shape index (κ1) is 12.8. The maximum Gasteiger partial charge on any atom is 0.220 e. The first-order valence-electron chi connectivity index (χ1n) is 6.96. The Kier molecular flexibility index (Phi) is 5.26. The quantitative estimate of drug-likeness (QED) is 0.627. The van der Waals surface area contributed by atoms with E-state index in [-0.39, 0.29) is 5.91 Å². The fourth-order valence-electron chi connectivity index (χ4n) is 2.16. The molecule has 0 aromatic rings. The fraction of sp³-hybridized carbons (Fsp3) is 0.923. The molecule has 1 heterocycles. The number of nitrogens with one attached hydrogen (secondary N) is 2. The molecule has 2 fully saturated rings. The predicted molar refractivity (Wildman–Crippen MR) is 66.9 cm³/mol. The average Bonchev–Trinajstić information content (AvgIpc) is 2.96. The molecular formula is C13H24N2O2. The minimum Gasteiger partial charge on any atom is -0.378 e. The SMILES string of the molecule is O=C(CCCNCCC1CCCO1)NC1CC1. The lowest BCUT2D eigenvalue weighted by molar-refractivity contribution is -0.121. The average molecular weight is 240 g/mol. The Balaban J connectivity index is 1.36. The van der Waals surface area contributed by atoms with E-state index in [9.17, 15) is 4.79 Å². The number of amides is 1. The number of carbonyl (C=O) groups is 1. The van der Waals surface area contributed by atoms with Crippen LogP contribution in [0.25, 0.3) is 0 Å². The topological polar surface area (TPSA) is 50.4 Å². The summed E-state index contributed by atoms with van der Waals surface area (Å²) in [5.74, 6) is 0.216. The maximum absolute atomic E-state index is 11.4. The highest BCUT2D eigenvalue weighted by molar-refractivity contribution is 5.76. The zero-order valence-corrected chi connectivity index (χ0v) is 10.5. The number of ether oxygens (including phenoxy) is 1. The van der Waals surface area contributed by atoms with Crippen LogP contribution in [-0.4, -0.2) is 37.7 Å². The number of hydrogen-bond acceptors (Lipinski definition) is 3. The Hall–Kier alpha value is -0.610. The van der Waals surface area contributed by atoms with E-state index in [1.165, 1.54) is 25.7 Å². The molecule has 1 unspecified atom stereocenters. The largest absolute Gasteiger partial charge is 0.378 e. The van der Waals surface area contributed by atoms with Crippen LogP contribution in [0.15, 0.2) is 0 Å². The number of hydrogen-bond donors (Lipinski definition) is 2. The van der Waals surface area contributed by atoms with Crippen LogP contribution in [0.1, 0.15) is 44.9 Å². The standard InChI is InChI=1S/C13H24N2O2/c16-13(15-11-5-6-11)4-1-8-14-9-7-12-3-2-10-17-12/h11-12,14H,1-10H2,(H,15,16). The van der Waals surface area contributed by atoms with Crippen molar-refractivity contribution >= 4 is 5.91 Å². The molecule has 1 amide bonds. The fourth-order valence-corrected chi connectivity index (χ4v) is 2.16. The van der Waals surface area contributed by atoms with Crippen molar-refractivity contribution in [1.29, 1.82) is 0 Å². The predicted octanol–water partition coefficient (Wildman–Crippen LogP) is 1.20. The van der Waals surface area contributed by atoms with Crippen LogP contribution >= 0.6 is 0 Å². The maximum atomic E-state index is 11.4. The molecule has 2 N–H and O–H groups in total. The molecule has 1 aliphatic heterocycles. The molecule has 2 rings (SSSR count). The van der Waals surface area contributed by atoms with Crippen LogP contribution in [0.2, 0.25) is 0 Å². The Morgan fingerprint density at radius 2 is 2.12 bits per heavy atom. The summed E-state index contributed by atoms with van der Waals surface area (Å²) < 4.78 is 5.54. The van der Waals surface area contributed by atoms with Crippen molar-refractivity contribution in [2.45, 2.75) is 57.1 Å². The molecule has 0 aromatic carbocycles. The van der Waals surface area contributed by atoms with E-state index in [1.807, 2.05) is 0 Å². The van der Waals surface area contributed by atoms with E-state index in [1.54, 1.807) is 0 Å². The van der Waals surface area contributed by atoms with Crippen LogP contribution < -0.4 is 10.6 Å². The van der Waals surface area contributed by atoms with Gasteiger partial charge < -0.3 is 15.4 Å². The van der Waals surface area contributed by atoms with Crippen LogP contribution in [0, 0.1) is 0 Å². The molecule has 0 aromatic heterocycles. The van der Waals surface area contributed by atoms with Crippen LogP contribution in [0.3, 0.4) is 0 Å². The van der Waals surface area contributed by atoms with E-state index in [0.29, 0.717) is 18.6 Å². The number of rotatable bonds is 8. The van der Waals surface area contributed by atoms with Gasteiger partial charge in [-0.1, -0.05) is 0 Å². The van der Waals surface area contributed by atoms with Gasteiger partial charge in [-0.2, -0.15) is 0 Å². The Morgan fingerprint density at radius 1 is 1.24 bits per heavy atom. The Labute approximate surface area is 103 Å². The third-order valence-electron chi connectivity index (χ3n) is 3.37. The molecular weight excluding hydrogens is 216 g/mol. The summed E-state index contributed by atoms with van der Waals surface area (Å²) in [6, 6.07) is 0.495. The minimum absolute atomic E-state index is 0.216. The molecule has 0 bridgehead atoms. The van der Waals surface area contributed by atoms with Gasteiger partial charge in [-0.15, -0.1) is 0 Å². The van der Waals surface area contributed by atoms with Gasteiger partial charge in [0.15, 0.2) is 0 Å². The van der Waals surface area contributed by atoms with Crippen molar-refractivity contribution in [2.75, 3.05) is 19.7 Å². The number of carbonyl (C=O) groups excluding carboxylic acids is 1. The second kappa shape index (κ2) is 6.97. The summed E-state index contributed by atoms with van der Waals surface area (Å²) in [5.41, 5.74) is 0. The first-order valence-corrected chi connectivity index (χ1v) is 6.96. The summed E-state index contributed by atoms with van der Waals surface area (Å²) in [7, 11) is 0. The molecule has 17 heavy (non-hydrogen) atoms. The summed E-state index contributed by atoms with van der Waals surface area (Å²) in [4.78, 5) is 11.4. The van der Waals surface area contributed by atoms with Crippen molar-refractivity contribution in [3.63, 3.8) is 0 Å². The first-order chi connectivity index (χ1) is 8.34. The lowest BCUT2D eigenvalue weighted by Gasteiger charge is -2.09. The van der Waals surface area contributed by atoms with E-state index in [0.717, 1.165) is 32.5 Å². The van der Waals surface area contributed by atoms with Crippen molar-refractivity contribution in [1.82, 2.24) is 10.6 Å². The Morgan fingerprint density at radius 3 is 2.82 bits per heavy atom. The second-order valence-corrected chi connectivity index (χ2v) is 5.12. The summed E-state index contributed by atoms with van der Waals surface area (Å²) in [5, 5.41) is 6.38. The smallest absolute Gasteiger partial charge is 0.220 e. The van der Waals surface area contributed by atoms with Crippen molar-refractivity contribution in [3.05, 3.63) is 0 Å². The van der Waals surface area contributed by atoms with Crippen LogP contribution in [0.5, 0.6) is 0 Å². The highest BCUT2D eigenvalue weighted by Crippen LogP contribution is 2.18. The summed E-state index contributed by atoms with van der Waals surface area (Å²) in [6.45, 7) is 2.88. The molecule has 0 spiro atoms. The molecule has 1 aliphatic carbocycles. The van der Waals surface area contributed by atoms with Gasteiger partial charge in [0.2, 0.25) is 5.91 Å². The van der Waals surface area contributed by atoms with Gasteiger partial charge in [0, 0.05) is 19.1 Å². The van der Waals surface area contributed by atoms with E-state index in [2.05, 4.69) is 10.6 Å². The molecule has 98 valence electrons. The highest BCUT2D eigenvalue weighted by atomic mass is 16.5.